The van der Waals surface area contributed by atoms with E-state index in [1.807, 2.05) is 37.3 Å². The average molecular weight is 555 g/mol. The summed E-state index contributed by atoms with van der Waals surface area (Å²) in [6.45, 7) is 6.55. The average Bonchev–Trinajstić information content (AvgIpc) is 3.40. The van der Waals surface area contributed by atoms with E-state index in [1.54, 1.807) is 17.3 Å². The quantitative estimate of drug-likeness (QED) is 0.359. The fourth-order valence-electron chi connectivity index (χ4n) is 5.27. The molecular weight excluding hydrogens is 521 g/mol. The number of halogens is 3. The van der Waals surface area contributed by atoms with Crippen LogP contribution in [-0.2, 0) is 26.9 Å². The van der Waals surface area contributed by atoms with E-state index in [9.17, 15) is 18.0 Å². The lowest BCUT2D eigenvalue weighted by Crippen LogP contribution is -2.45. The normalized spacial score (nSPS) is 19.3. The lowest BCUT2D eigenvalue weighted by Gasteiger charge is -2.37. The summed E-state index contributed by atoms with van der Waals surface area (Å²) in [5, 5.41) is 1.77. The van der Waals surface area contributed by atoms with Crippen molar-refractivity contribution >= 4 is 17.8 Å². The molecule has 2 aromatic carbocycles. The molecule has 3 aliphatic heterocycles. The Hall–Kier alpha value is -3.47. The standard InChI is InChI=1S/C30H33F3N4O3/c1-29(20-22-6-3-2-4-7-22,28(38)40-17-5-14-36-15-18-39-19-16-36)26-12-13-34-27-25(21-35-37(26)27)23-8-10-24(11-9-23)30(31,32)33/h2-4,6-13,35H,5,14-21H2,1H3. The van der Waals surface area contributed by atoms with Gasteiger partial charge >= 0.3 is 12.1 Å². The molecule has 0 bridgehead atoms. The number of ether oxygens (including phenoxy) is 2. The minimum atomic E-state index is -4.41. The number of carbonyl (C=O) groups is 1. The van der Waals surface area contributed by atoms with Crippen LogP contribution < -0.4 is 5.43 Å². The van der Waals surface area contributed by atoms with Crippen LogP contribution in [0.15, 0.2) is 77.2 Å². The van der Waals surface area contributed by atoms with E-state index in [0.717, 1.165) is 62.5 Å². The molecule has 1 atom stereocenters. The van der Waals surface area contributed by atoms with Gasteiger partial charge in [0.2, 0.25) is 0 Å². The van der Waals surface area contributed by atoms with Crippen LogP contribution in [0, 0.1) is 5.41 Å². The minimum Gasteiger partial charge on any atom is -0.465 e. The number of fused-ring (bicyclic) bond motifs is 1. The van der Waals surface area contributed by atoms with E-state index in [1.165, 1.54) is 12.1 Å². The maximum Gasteiger partial charge on any atom is 0.416 e. The van der Waals surface area contributed by atoms with Gasteiger partial charge in [-0.2, -0.15) is 13.2 Å². The zero-order chi connectivity index (χ0) is 28.2. The van der Waals surface area contributed by atoms with Gasteiger partial charge in [-0.3, -0.25) is 14.7 Å². The second-order valence-electron chi connectivity index (χ2n) is 10.3. The molecule has 3 aliphatic rings. The summed E-state index contributed by atoms with van der Waals surface area (Å²) in [5.41, 5.74) is 4.55. The lowest BCUT2D eigenvalue weighted by atomic mass is 9.79. The number of hydrogen-bond donors (Lipinski definition) is 1. The van der Waals surface area contributed by atoms with Gasteiger partial charge in [0.05, 0.1) is 31.1 Å². The Morgan fingerprint density at radius 2 is 1.80 bits per heavy atom. The van der Waals surface area contributed by atoms with Crippen molar-refractivity contribution < 1.29 is 27.4 Å². The summed E-state index contributed by atoms with van der Waals surface area (Å²) in [7, 11) is 0. The first-order valence-corrected chi connectivity index (χ1v) is 13.5. The molecule has 40 heavy (non-hydrogen) atoms. The van der Waals surface area contributed by atoms with E-state index in [2.05, 4.69) is 15.3 Å². The molecule has 0 spiro atoms. The van der Waals surface area contributed by atoms with Crippen molar-refractivity contribution in [3.05, 3.63) is 88.9 Å². The van der Waals surface area contributed by atoms with Crippen molar-refractivity contribution in [1.82, 2.24) is 15.3 Å². The van der Waals surface area contributed by atoms with Gasteiger partial charge in [-0.25, -0.2) is 10.4 Å². The van der Waals surface area contributed by atoms with E-state index in [0.29, 0.717) is 36.7 Å². The Morgan fingerprint density at radius 3 is 2.50 bits per heavy atom. The first-order valence-electron chi connectivity index (χ1n) is 13.5. The molecule has 5 rings (SSSR count). The van der Waals surface area contributed by atoms with Crippen molar-refractivity contribution in [1.29, 1.82) is 0 Å². The summed E-state index contributed by atoms with van der Waals surface area (Å²) >= 11 is 0. The van der Waals surface area contributed by atoms with Gasteiger partial charge in [0.1, 0.15) is 5.41 Å². The third-order valence-corrected chi connectivity index (χ3v) is 7.50. The third kappa shape index (κ3) is 6.14. The van der Waals surface area contributed by atoms with Crippen molar-refractivity contribution in [3.63, 3.8) is 0 Å². The summed E-state index contributed by atoms with van der Waals surface area (Å²) in [6, 6.07) is 14.8. The van der Waals surface area contributed by atoms with Crippen LogP contribution in [0.25, 0.3) is 5.57 Å². The fourth-order valence-corrected chi connectivity index (χ4v) is 5.27. The summed E-state index contributed by atoms with van der Waals surface area (Å²) in [5.74, 6) is 0.209. The Labute approximate surface area is 231 Å². The first kappa shape index (κ1) is 28.1. The van der Waals surface area contributed by atoms with Crippen molar-refractivity contribution in [2.75, 3.05) is 46.0 Å². The van der Waals surface area contributed by atoms with Crippen LogP contribution in [0.3, 0.4) is 0 Å². The molecule has 1 N–H and O–H groups in total. The van der Waals surface area contributed by atoms with E-state index in [4.69, 9.17) is 9.47 Å². The van der Waals surface area contributed by atoms with Crippen molar-refractivity contribution in [2.24, 2.45) is 10.4 Å². The van der Waals surface area contributed by atoms with Crippen molar-refractivity contribution in [2.45, 2.75) is 25.9 Å². The number of hydrogen-bond acceptors (Lipinski definition) is 7. The summed E-state index contributed by atoms with van der Waals surface area (Å²) in [4.78, 5) is 20.6. The van der Waals surface area contributed by atoms with Crippen molar-refractivity contribution in [3.8, 4) is 0 Å². The first-order chi connectivity index (χ1) is 19.3. The van der Waals surface area contributed by atoms with Gasteiger partial charge < -0.3 is 9.47 Å². The molecule has 0 aliphatic carbocycles. The van der Waals surface area contributed by atoms with E-state index < -0.39 is 17.2 Å². The van der Waals surface area contributed by atoms with Gasteiger partial charge in [0.25, 0.3) is 0 Å². The molecular formula is C30H33F3N4O3. The Balaban J connectivity index is 1.37. The molecule has 3 heterocycles. The predicted octanol–water partition coefficient (Wildman–Crippen LogP) is 4.68. The molecule has 212 valence electrons. The van der Waals surface area contributed by atoms with Gasteiger partial charge in [-0.05, 0) is 49.1 Å². The molecule has 2 aromatic rings. The topological polar surface area (TPSA) is 66.4 Å². The SMILES string of the molecule is CC(Cc1ccccc1)(C(=O)OCCCN1CCOCC1)C1=CC=NC2=C(c3ccc(C(F)(F)F)cc3)CNN12. The zero-order valence-corrected chi connectivity index (χ0v) is 22.4. The number of esters is 1. The van der Waals surface area contributed by atoms with Gasteiger partial charge in [-0.1, -0.05) is 42.5 Å². The molecule has 1 fully saturated rings. The molecule has 0 aromatic heterocycles. The zero-order valence-electron chi connectivity index (χ0n) is 22.4. The highest BCUT2D eigenvalue weighted by atomic mass is 19.4. The Morgan fingerprint density at radius 1 is 1.07 bits per heavy atom. The molecule has 7 nitrogen and oxygen atoms in total. The smallest absolute Gasteiger partial charge is 0.416 e. The highest BCUT2D eigenvalue weighted by Crippen LogP contribution is 2.41. The molecule has 0 saturated carbocycles. The number of carbonyl (C=O) groups excluding carboxylic acids is 1. The van der Waals surface area contributed by atoms with Crippen LogP contribution in [0.2, 0.25) is 0 Å². The number of nitrogens with zero attached hydrogens (tertiary/aromatic N) is 3. The predicted molar refractivity (Wildman–Crippen MR) is 146 cm³/mol. The molecule has 0 radical (unpaired) electrons. The van der Waals surface area contributed by atoms with Crippen LogP contribution >= 0.6 is 0 Å². The monoisotopic (exact) mass is 554 g/mol. The van der Waals surface area contributed by atoms with Crippen LogP contribution in [0.5, 0.6) is 0 Å². The number of rotatable bonds is 9. The summed E-state index contributed by atoms with van der Waals surface area (Å²) < 4.78 is 50.5. The number of morpholine rings is 1. The number of allylic oxidation sites excluding steroid dienone is 1. The van der Waals surface area contributed by atoms with Crippen LogP contribution in [0.1, 0.15) is 30.0 Å². The maximum atomic E-state index is 13.8. The molecule has 1 unspecified atom stereocenters. The highest BCUT2D eigenvalue weighted by molar-refractivity contribution is 5.86. The van der Waals surface area contributed by atoms with Gasteiger partial charge in [0.15, 0.2) is 5.82 Å². The minimum absolute atomic E-state index is 0.300. The number of alkyl halides is 3. The fraction of sp³-hybridized carbons (Fsp3) is 0.400. The van der Waals surface area contributed by atoms with E-state index in [-0.39, 0.29) is 5.97 Å². The number of nitrogens with one attached hydrogen (secondary N) is 1. The van der Waals surface area contributed by atoms with E-state index >= 15 is 0 Å². The number of aliphatic imine (C=N–C) groups is 1. The number of benzene rings is 2. The lowest BCUT2D eigenvalue weighted by molar-refractivity contribution is -0.154. The second kappa shape index (κ2) is 12.0. The maximum absolute atomic E-state index is 13.8. The largest absolute Gasteiger partial charge is 0.465 e. The summed E-state index contributed by atoms with van der Waals surface area (Å²) in [6.07, 6.45) is 0.143. The highest BCUT2D eigenvalue weighted by Gasteiger charge is 2.45. The molecule has 10 heteroatoms. The van der Waals surface area contributed by atoms with Crippen LogP contribution in [0.4, 0.5) is 13.2 Å². The Kier molecular flexibility index (Phi) is 8.39. The third-order valence-electron chi connectivity index (χ3n) is 7.50. The molecule has 1 saturated heterocycles. The van der Waals surface area contributed by atoms with Gasteiger partial charge in [0, 0.05) is 38.0 Å². The van der Waals surface area contributed by atoms with Gasteiger partial charge in [-0.15, -0.1) is 0 Å². The second-order valence-corrected chi connectivity index (χ2v) is 10.3. The Bertz CT molecular complexity index is 1290. The van der Waals surface area contributed by atoms with Crippen LogP contribution in [-0.4, -0.2) is 68.1 Å². The molecule has 0 amide bonds. The number of hydrazine groups is 1.